The molecule has 0 bridgehead atoms. The Balaban J connectivity index is 2.36. The van der Waals surface area contributed by atoms with Crippen LogP contribution in [0.2, 0.25) is 0 Å². The summed E-state index contributed by atoms with van der Waals surface area (Å²) >= 11 is 0. The van der Waals surface area contributed by atoms with E-state index in [1.165, 1.54) is 4.57 Å². The number of nitrogens with two attached hydrogens (primary N) is 1. The fourth-order valence-electron chi connectivity index (χ4n) is 2.04. The number of ether oxygens (including phenoxy) is 1. The zero-order valence-corrected chi connectivity index (χ0v) is 13.8. The van der Waals surface area contributed by atoms with Crippen LogP contribution < -0.4 is 22.3 Å². The second-order valence-corrected chi connectivity index (χ2v) is 6.22. The number of hydrogen-bond acceptors (Lipinski definition) is 5. The molecule has 2 rings (SSSR count). The maximum Gasteiger partial charge on any atom is 0.412 e. The molecule has 0 spiro atoms. The number of H-pyrrole nitrogens is 1. The Hall–Kier alpha value is -3.03. The number of carbonyl (C=O) groups is 1. The van der Waals surface area contributed by atoms with Crippen LogP contribution in [0.5, 0.6) is 0 Å². The second-order valence-electron chi connectivity index (χ2n) is 6.22. The van der Waals surface area contributed by atoms with Gasteiger partial charge in [0.1, 0.15) is 11.4 Å². The van der Waals surface area contributed by atoms with Crippen LogP contribution in [-0.4, -0.2) is 21.2 Å². The van der Waals surface area contributed by atoms with E-state index in [1.807, 2.05) is 30.3 Å². The lowest BCUT2D eigenvalue weighted by Crippen LogP contribution is -2.36. The number of aromatic amines is 1. The molecule has 0 aliphatic carbocycles. The molecule has 1 amide bonds. The van der Waals surface area contributed by atoms with Gasteiger partial charge in [0.15, 0.2) is 5.69 Å². The van der Waals surface area contributed by atoms with E-state index in [0.29, 0.717) is 0 Å². The number of benzene rings is 1. The highest BCUT2D eigenvalue weighted by Crippen LogP contribution is 2.14. The number of hydrogen-bond donors (Lipinski definition) is 3. The monoisotopic (exact) mass is 332 g/mol. The van der Waals surface area contributed by atoms with E-state index < -0.39 is 22.9 Å². The molecule has 8 nitrogen and oxygen atoms in total. The first kappa shape index (κ1) is 17.3. The van der Waals surface area contributed by atoms with Gasteiger partial charge >= 0.3 is 11.8 Å². The van der Waals surface area contributed by atoms with E-state index in [2.05, 4.69) is 10.3 Å². The molecule has 0 saturated carbocycles. The molecule has 8 heteroatoms. The van der Waals surface area contributed by atoms with Gasteiger partial charge in [-0.15, -0.1) is 0 Å². The van der Waals surface area contributed by atoms with Crippen molar-refractivity contribution in [1.82, 2.24) is 9.55 Å². The Morgan fingerprint density at radius 2 is 1.88 bits per heavy atom. The minimum atomic E-state index is -0.829. The van der Waals surface area contributed by atoms with E-state index in [4.69, 9.17) is 10.5 Å². The summed E-state index contributed by atoms with van der Waals surface area (Å²) in [6.07, 6.45) is -0.829. The van der Waals surface area contributed by atoms with E-state index in [-0.39, 0.29) is 18.1 Å². The zero-order chi connectivity index (χ0) is 17.9. The number of carbonyl (C=O) groups excluding carboxylic acids is 1. The van der Waals surface area contributed by atoms with Gasteiger partial charge in [-0.1, -0.05) is 30.3 Å². The van der Waals surface area contributed by atoms with Gasteiger partial charge in [0.2, 0.25) is 0 Å². The predicted molar refractivity (Wildman–Crippen MR) is 91.1 cm³/mol. The van der Waals surface area contributed by atoms with Gasteiger partial charge in [0.05, 0.1) is 6.54 Å². The summed E-state index contributed by atoms with van der Waals surface area (Å²) in [7, 11) is 0. The van der Waals surface area contributed by atoms with Gasteiger partial charge in [0.25, 0.3) is 5.56 Å². The first-order valence-electron chi connectivity index (χ1n) is 7.34. The molecule has 0 atom stereocenters. The van der Waals surface area contributed by atoms with E-state index in [0.717, 1.165) is 5.56 Å². The van der Waals surface area contributed by atoms with Crippen molar-refractivity contribution in [2.24, 2.45) is 0 Å². The van der Waals surface area contributed by atoms with Crippen molar-refractivity contribution in [3.8, 4) is 0 Å². The van der Waals surface area contributed by atoms with Crippen molar-refractivity contribution < 1.29 is 9.53 Å². The molecule has 24 heavy (non-hydrogen) atoms. The SMILES string of the molecule is CC(C)(C)OC(=O)Nc1c(N)n(Cc2ccccc2)c(=O)[nH]c1=O. The second kappa shape index (κ2) is 6.61. The largest absolute Gasteiger partial charge is 0.444 e. The highest BCUT2D eigenvalue weighted by molar-refractivity contribution is 5.87. The number of aromatic nitrogens is 2. The average Bonchev–Trinajstić information content (AvgIpc) is 2.47. The van der Waals surface area contributed by atoms with Gasteiger partial charge in [-0.3, -0.25) is 19.7 Å². The van der Waals surface area contributed by atoms with E-state index in [9.17, 15) is 14.4 Å². The smallest absolute Gasteiger partial charge is 0.412 e. The predicted octanol–water partition coefficient (Wildman–Crippen LogP) is 1.51. The first-order valence-corrected chi connectivity index (χ1v) is 7.34. The normalized spacial score (nSPS) is 11.1. The minimum absolute atomic E-state index is 0.140. The molecular formula is C16H20N4O4. The molecule has 128 valence electrons. The zero-order valence-electron chi connectivity index (χ0n) is 13.8. The molecule has 0 fully saturated rings. The van der Waals surface area contributed by atoms with Crippen LogP contribution in [0.4, 0.5) is 16.3 Å². The molecule has 4 N–H and O–H groups in total. The first-order chi connectivity index (χ1) is 11.2. The highest BCUT2D eigenvalue weighted by Gasteiger charge is 2.20. The Kier molecular flexibility index (Phi) is 4.77. The lowest BCUT2D eigenvalue weighted by atomic mass is 10.2. The van der Waals surface area contributed by atoms with Crippen LogP contribution in [0.25, 0.3) is 0 Å². The molecule has 0 unspecified atom stereocenters. The molecule has 2 aromatic rings. The van der Waals surface area contributed by atoms with Gasteiger partial charge in [-0.25, -0.2) is 9.59 Å². The summed E-state index contributed by atoms with van der Waals surface area (Å²) < 4.78 is 6.26. The van der Waals surface area contributed by atoms with E-state index in [1.54, 1.807) is 20.8 Å². The number of amides is 1. The van der Waals surface area contributed by atoms with Crippen LogP contribution in [0.15, 0.2) is 39.9 Å². The van der Waals surface area contributed by atoms with Crippen molar-refractivity contribution in [3.63, 3.8) is 0 Å². The number of anilines is 2. The van der Waals surface area contributed by atoms with E-state index >= 15 is 0 Å². The van der Waals surface area contributed by atoms with Crippen molar-refractivity contribution in [3.05, 3.63) is 56.7 Å². The third-order valence-corrected chi connectivity index (χ3v) is 3.05. The fourth-order valence-corrected chi connectivity index (χ4v) is 2.04. The average molecular weight is 332 g/mol. The van der Waals surface area contributed by atoms with Crippen molar-refractivity contribution in [1.29, 1.82) is 0 Å². The molecule has 1 heterocycles. The van der Waals surface area contributed by atoms with Gasteiger partial charge < -0.3 is 10.5 Å². The molecule has 1 aromatic heterocycles. The molecule has 0 aliphatic rings. The lowest BCUT2D eigenvalue weighted by molar-refractivity contribution is 0.0635. The van der Waals surface area contributed by atoms with Crippen LogP contribution in [0.1, 0.15) is 26.3 Å². The molecular weight excluding hydrogens is 312 g/mol. The summed E-state index contributed by atoms with van der Waals surface area (Å²) in [5.41, 5.74) is 4.34. The van der Waals surface area contributed by atoms with Crippen LogP contribution in [0, 0.1) is 0 Å². The summed E-state index contributed by atoms with van der Waals surface area (Å²) in [5.74, 6) is -0.140. The highest BCUT2D eigenvalue weighted by atomic mass is 16.6. The van der Waals surface area contributed by atoms with Crippen molar-refractivity contribution >= 4 is 17.6 Å². The van der Waals surface area contributed by atoms with Crippen LogP contribution in [-0.2, 0) is 11.3 Å². The third kappa shape index (κ3) is 4.25. The maximum absolute atomic E-state index is 12.0. The number of nitrogens with one attached hydrogen (secondary N) is 2. The lowest BCUT2D eigenvalue weighted by Gasteiger charge is -2.20. The minimum Gasteiger partial charge on any atom is -0.444 e. The van der Waals surface area contributed by atoms with Gasteiger partial charge in [-0.2, -0.15) is 0 Å². The Bertz CT molecular complexity index is 847. The molecule has 0 radical (unpaired) electrons. The number of rotatable bonds is 3. The van der Waals surface area contributed by atoms with Gasteiger partial charge in [0, 0.05) is 0 Å². The van der Waals surface area contributed by atoms with Gasteiger partial charge in [-0.05, 0) is 26.3 Å². The quantitative estimate of drug-likeness (QED) is 0.787. The summed E-state index contributed by atoms with van der Waals surface area (Å²) in [5, 5.41) is 2.30. The van der Waals surface area contributed by atoms with Crippen LogP contribution >= 0.6 is 0 Å². The fraction of sp³-hybridized carbons (Fsp3) is 0.312. The Morgan fingerprint density at radius 3 is 2.46 bits per heavy atom. The summed E-state index contributed by atoms with van der Waals surface area (Å²) in [6.45, 7) is 5.23. The van der Waals surface area contributed by atoms with Crippen molar-refractivity contribution in [2.45, 2.75) is 32.9 Å². The summed E-state index contributed by atoms with van der Waals surface area (Å²) in [4.78, 5) is 38.0. The molecule has 0 saturated heterocycles. The summed E-state index contributed by atoms with van der Waals surface area (Å²) in [6, 6.07) is 9.12. The number of nitrogen functional groups attached to an aromatic ring is 1. The third-order valence-electron chi connectivity index (χ3n) is 3.05. The Labute approximate surface area is 138 Å². The topological polar surface area (TPSA) is 119 Å². The number of nitrogens with zero attached hydrogens (tertiary/aromatic N) is 1. The maximum atomic E-state index is 12.0. The molecule has 0 aliphatic heterocycles. The Morgan fingerprint density at radius 1 is 1.25 bits per heavy atom. The molecule has 1 aromatic carbocycles. The standard InChI is InChI=1S/C16H20N4O4/c1-16(2,3)24-15(23)18-11-12(17)20(14(22)19-13(11)21)9-10-7-5-4-6-8-10/h4-8H,9,17H2,1-3H3,(H,18,23)(H,19,21,22). The van der Waals surface area contributed by atoms with Crippen molar-refractivity contribution in [2.75, 3.05) is 11.1 Å². The van der Waals surface area contributed by atoms with Crippen LogP contribution in [0.3, 0.4) is 0 Å².